The molecule has 0 bridgehead atoms. The molecule has 2 aromatic heterocycles. The van der Waals surface area contributed by atoms with E-state index >= 15 is 0 Å². The van der Waals surface area contributed by atoms with Crippen LogP contribution >= 0.6 is 0 Å². The van der Waals surface area contributed by atoms with Crippen LogP contribution in [0, 0.1) is 0 Å². The van der Waals surface area contributed by atoms with Gasteiger partial charge >= 0.3 is 0 Å². The molecule has 0 saturated heterocycles. The highest BCUT2D eigenvalue weighted by Crippen LogP contribution is 2.23. The SMILES string of the molecule is Cn1cc(NC(=O)c2cccc(-c3cccc(-n4cnnc4)c3)c2)cn1. The monoisotopic (exact) mass is 344 g/mol. The van der Waals surface area contributed by atoms with Crippen LogP contribution in [0.25, 0.3) is 16.8 Å². The van der Waals surface area contributed by atoms with Crippen molar-refractivity contribution in [3.8, 4) is 16.8 Å². The molecule has 0 unspecified atom stereocenters. The van der Waals surface area contributed by atoms with Gasteiger partial charge in [-0.15, -0.1) is 10.2 Å². The van der Waals surface area contributed by atoms with Gasteiger partial charge in [0.15, 0.2) is 0 Å². The molecular formula is C19H16N6O. The lowest BCUT2D eigenvalue weighted by Crippen LogP contribution is -2.11. The van der Waals surface area contributed by atoms with E-state index in [1.165, 1.54) is 0 Å². The Labute approximate surface area is 149 Å². The van der Waals surface area contributed by atoms with E-state index < -0.39 is 0 Å². The minimum absolute atomic E-state index is 0.171. The third-order valence-electron chi connectivity index (χ3n) is 3.98. The molecule has 0 aliphatic rings. The quantitative estimate of drug-likeness (QED) is 0.617. The molecule has 1 amide bonds. The van der Waals surface area contributed by atoms with E-state index in [1.54, 1.807) is 42.8 Å². The summed E-state index contributed by atoms with van der Waals surface area (Å²) in [5.74, 6) is -0.171. The van der Waals surface area contributed by atoms with Gasteiger partial charge in [0.1, 0.15) is 12.7 Å². The van der Waals surface area contributed by atoms with E-state index in [2.05, 4.69) is 20.6 Å². The van der Waals surface area contributed by atoms with Crippen LogP contribution < -0.4 is 5.32 Å². The van der Waals surface area contributed by atoms with Gasteiger partial charge in [0.25, 0.3) is 5.91 Å². The summed E-state index contributed by atoms with van der Waals surface area (Å²) in [6.45, 7) is 0. The Bertz CT molecular complexity index is 1050. The fourth-order valence-electron chi connectivity index (χ4n) is 2.71. The number of hydrogen-bond donors (Lipinski definition) is 1. The fraction of sp³-hybridized carbons (Fsp3) is 0.0526. The summed E-state index contributed by atoms with van der Waals surface area (Å²) >= 11 is 0. The molecule has 0 radical (unpaired) electrons. The minimum Gasteiger partial charge on any atom is -0.319 e. The number of nitrogens with zero attached hydrogens (tertiary/aromatic N) is 5. The number of nitrogens with one attached hydrogen (secondary N) is 1. The summed E-state index contributed by atoms with van der Waals surface area (Å²) < 4.78 is 3.48. The van der Waals surface area contributed by atoms with E-state index in [9.17, 15) is 4.79 Å². The number of carbonyl (C=O) groups is 1. The van der Waals surface area contributed by atoms with Gasteiger partial charge < -0.3 is 5.32 Å². The number of aryl methyl sites for hydroxylation is 1. The van der Waals surface area contributed by atoms with Gasteiger partial charge in [0.2, 0.25) is 0 Å². The molecule has 128 valence electrons. The second-order valence-corrected chi connectivity index (χ2v) is 5.86. The van der Waals surface area contributed by atoms with Crippen LogP contribution in [0.1, 0.15) is 10.4 Å². The lowest BCUT2D eigenvalue weighted by atomic mass is 10.0. The van der Waals surface area contributed by atoms with Crippen molar-refractivity contribution in [2.24, 2.45) is 7.05 Å². The molecule has 0 aliphatic carbocycles. The lowest BCUT2D eigenvalue weighted by molar-refractivity contribution is 0.102. The molecule has 7 heteroatoms. The summed E-state index contributed by atoms with van der Waals surface area (Å²) in [6.07, 6.45) is 6.67. The summed E-state index contributed by atoms with van der Waals surface area (Å²) in [6, 6.07) is 15.5. The van der Waals surface area contributed by atoms with Gasteiger partial charge in [-0.1, -0.05) is 24.3 Å². The van der Waals surface area contributed by atoms with Crippen molar-refractivity contribution in [3.05, 3.63) is 79.1 Å². The van der Waals surface area contributed by atoms with Crippen molar-refractivity contribution in [3.63, 3.8) is 0 Å². The van der Waals surface area contributed by atoms with Gasteiger partial charge in [0.05, 0.1) is 11.9 Å². The van der Waals surface area contributed by atoms with Crippen LogP contribution in [0.2, 0.25) is 0 Å². The Balaban J connectivity index is 1.61. The van der Waals surface area contributed by atoms with Crippen LogP contribution in [0.5, 0.6) is 0 Å². The normalized spacial score (nSPS) is 10.7. The van der Waals surface area contributed by atoms with E-state index in [1.807, 2.05) is 47.0 Å². The van der Waals surface area contributed by atoms with E-state index in [0.717, 1.165) is 16.8 Å². The summed E-state index contributed by atoms with van der Waals surface area (Å²) in [5.41, 5.74) is 4.17. The fourth-order valence-corrected chi connectivity index (χ4v) is 2.71. The Morgan fingerprint density at radius 1 is 1.00 bits per heavy atom. The highest BCUT2D eigenvalue weighted by molar-refractivity contribution is 6.04. The second kappa shape index (κ2) is 6.64. The molecule has 0 saturated carbocycles. The third-order valence-corrected chi connectivity index (χ3v) is 3.98. The molecular weight excluding hydrogens is 328 g/mol. The Morgan fingerprint density at radius 2 is 1.73 bits per heavy atom. The smallest absolute Gasteiger partial charge is 0.255 e. The average Bonchev–Trinajstić information content (AvgIpc) is 3.34. The van der Waals surface area contributed by atoms with Gasteiger partial charge in [0, 0.05) is 24.5 Å². The zero-order chi connectivity index (χ0) is 17.9. The number of anilines is 1. The van der Waals surface area contributed by atoms with Gasteiger partial charge in [-0.05, 0) is 35.4 Å². The van der Waals surface area contributed by atoms with Gasteiger partial charge in [-0.2, -0.15) is 5.10 Å². The minimum atomic E-state index is -0.171. The average molecular weight is 344 g/mol. The number of benzene rings is 2. The first kappa shape index (κ1) is 15.8. The molecule has 2 heterocycles. The van der Waals surface area contributed by atoms with E-state index in [4.69, 9.17) is 0 Å². The van der Waals surface area contributed by atoms with Crippen molar-refractivity contribution in [1.82, 2.24) is 24.5 Å². The highest BCUT2D eigenvalue weighted by atomic mass is 16.1. The second-order valence-electron chi connectivity index (χ2n) is 5.86. The van der Waals surface area contributed by atoms with Crippen molar-refractivity contribution in [2.45, 2.75) is 0 Å². The standard InChI is InChI=1S/C19H16N6O/c1-24-11-17(10-22-24)23-19(26)16-6-2-4-14(8-16)15-5-3-7-18(9-15)25-12-20-21-13-25/h2-13H,1H3,(H,23,26). The predicted molar refractivity (Wildman–Crippen MR) is 98.0 cm³/mol. The Hall–Kier alpha value is -3.74. The first-order chi connectivity index (χ1) is 12.7. The van der Waals surface area contributed by atoms with Crippen LogP contribution in [-0.4, -0.2) is 30.5 Å². The molecule has 0 aliphatic heterocycles. The molecule has 0 spiro atoms. The van der Waals surface area contributed by atoms with E-state index in [0.29, 0.717) is 11.3 Å². The van der Waals surface area contributed by atoms with Crippen LogP contribution in [0.3, 0.4) is 0 Å². The largest absolute Gasteiger partial charge is 0.319 e. The zero-order valence-electron chi connectivity index (χ0n) is 14.1. The summed E-state index contributed by atoms with van der Waals surface area (Å²) in [5, 5.41) is 14.6. The first-order valence-electron chi connectivity index (χ1n) is 8.04. The maximum atomic E-state index is 12.5. The number of carbonyl (C=O) groups excluding carboxylic acids is 1. The molecule has 0 fully saturated rings. The van der Waals surface area contributed by atoms with Crippen molar-refractivity contribution < 1.29 is 4.79 Å². The van der Waals surface area contributed by atoms with Gasteiger partial charge in [-0.25, -0.2) is 0 Å². The molecule has 1 N–H and O–H groups in total. The Morgan fingerprint density at radius 3 is 2.46 bits per heavy atom. The van der Waals surface area contributed by atoms with Crippen LogP contribution in [0.15, 0.2) is 73.6 Å². The maximum absolute atomic E-state index is 12.5. The number of hydrogen-bond acceptors (Lipinski definition) is 4. The van der Waals surface area contributed by atoms with Crippen LogP contribution in [-0.2, 0) is 7.05 Å². The summed E-state index contributed by atoms with van der Waals surface area (Å²) in [7, 11) is 1.80. The zero-order valence-corrected chi connectivity index (χ0v) is 14.1. The first-order valence-corrected chi connectivity index (χ1v) is 8.04. The lowest BCUT2D eigenvalue weighted by Gasteiger charge is -2.08. The molecule has 26 heavy (non-hydrogen) atoms. The topological polar surface area (TPSA) is 77.6 Å². The molecule has 4 rings (SSSR count). The summed E-state index contributed by atoms with van der Waals surface area (Å²) in [4.78, 5) is 12.5. The van der Waals surface area contributed by atoms with Crippen molar-refractivity contribution in [2.75, 3.05) is 5.32 Å². The van der Waals surface area contributed by atoms with E-state index in [-0.39, 0.29) is 5.91 Å². The molecule has 7 nitrogen and oxygen atoms in total. The maximum Gasteiger partial charge on any atom is 0.255 e. The third kappa shape index (κ3) is 3.23. The number of rotatable bonds is 4. The van der Waals surface area contributed by atoms with Gasteiger partial charge in [-0.3, -0.25) is 14.0 Å². The van der Waals surface area contributed by atoms with Crippen molar-refractivity contribution in [1.29, 1.82) is 0 Å². The van der Waals surface area contributed by atoms with Crippen LogP contribution in [0.4, 0.5) is 5.69 Å². The molecule has 2 aromatic carbocycles. The predicted octanol–water partition coefficient (Wildman–Crippen LogP) is 2.92. The highest BCUT2D eigenvalue weighted by Gasteiger charge is 2.09. The number of amides is 1. The van der Waals surface area contributed by atoms with Crippen molar-refractivity contribution >= 4 is 11.6 Å². The Kier molecular flexibility index (Phi) is 4.03. The molecule has 4 aromatic rings. The molecule has 0 atom stereocenters. The number of aromatic nitrogens is 5.